The molecule has 0 aliphatic rings. The highest BCUT2D eigenvalue weighted by atomic mass is 35.5. The molecular weight excluding hydrogens is 260 g/mol. The number of para-hydroxylation sites is 1. The van der Waals surface area contributed by atoms with Crippen LogP contribution < -0.4 is 0 Å². The van der Waals surface area contributed by atoms with Gasteiger partial charge >= 0.3 is 0 Å². The maximum atomic E-state index is 9.05. The molecule has 1 aromatic carbocycles. The minimum atomic E-state index is 0.151. The number of aliphatic hydroxyl groups excluding tert-OH is 1. The molecule has 1 heterocycles. The quantitative estimate of drug-likeness (QED) is 0.913. The molecule has 1 aromatic heterocycles. The average molecular weight is 279 g/mol. The molecule has 3 nitrogen and oxygen atoms in total. The maximum absolute atomic E-state index is 9.05. The number of aliphatic hydroxyl groups is 1. The first-order chi connectivity index (χ1) is 9.17. The molecule has 19 heavy (non-hydrogen) atoms. The summed E-state index contributed by atoms with van der Waals surface area (Å²) in [5.74, 6) is 0. The lowest BCUT2D eigenvalue weighted by Gasteiger charge is -2.20. The van der Waals surface area contributed by atoms with Gasteiger partial charge in [0.15, 0.2) is 0 Å². The minimum absolute atomic E-state index is 0.151. The number of halogens is 1. The number of aryl methyl sites for hydroxylation is 1. The number of benzene rings is 1. The van der Waals surface area contributed by atoms with E-state index in [1.54, 1.807) is 0 Å². The number of hydrogen-bond donors (Lipinski definition) is 1. The Morgan fingerprint density at radius 2 is 2.05 bits per heavy atom. The van der Waals surface area contributed by atoms with Gasteiger partial charge in [-0.05, 0) is 25.1 Å². The van der Waals surface area contributed by atoms with Crippen molar-refractivity contribution in [2.24, 2.45) is 0 Å². The summed E-state index contributed by atoms with van der Waals surface area (Å²) in [7, 11) is 0. The van der Waals surface area contributed by atoms with E-state index in [2.05, 4.69) is 16.8 Å². The molecule has 0 atom stereocenters. The maximum Gasteiger partial charge on any atom is 0.0740 e. The van der Waals surface area contributed by atoms with Crippen LogP contribution in [0.4, 0.5) is 0 Å². The molecule has 2 aromatic rings. The van der Waals surface area contributed by atoms with Crippen LogP contribution in [0.3, 0.4) is 0 Å². The molecular formula is C15H19ClN2O. The summed E-state index contributed by atoms with van der Waals surface area (Å²) in [5, 5.41) is 10.9. The van der Waals surface area contributed by atoms with E-state index < -0.39 is 0 Å². The average Bonchev–Trinajstić information content (AvgIpc) is 2.43. The predicted octanol–water partition coefficient (Wildman–Crippen LogP) is 3.01. The summed E-state index contributed by atoms with van der Waals surface area (Å²) < 4.78 is 0. The van der Waals surface area contributed by atoms with Gasteiger partial charge in [0.25, 0.3) is 0 Å². The van der Waals surface area contributed by atoms with E-state index in [1.807, 2.05) is 31.2 Å². The molecule has 0 spiro atoms. The van der Waals surface area contributed by atoms with Gasteiger partial charge in [-0.3, -0.25) is 4.90 Å². The molecule has 0 fully saturated rings. The highest BCUT2D eigenvalue weighted by Gasteiger charge is 2.12. The minimum Gasteiger partial charge on any atom is -0.395 e. The van der Waals surface area contributed by atoms with Crippen molar-refractivity contribution in [3.05, 3.63) is 40.5 Å². The summed E-state index contributed by atoms with van der Waals surface area (Å²) in [6, 6.07) is 8.03. The first-order valence-electron chi connectivity index (χ1n) is 6.54. The van der Waals surface area contributed by atoms with E-state index in [4.69, 9.17) is 16.7 Å². The molecule has 102 valence electrons. The van der Waals surface area contributed by atoms with Crippen LogP contribution in [-0.4, -0.2) is 34.7 Å². The normalized spacial score (nSPS) is 11.4. The van der Waals surface area contributed by atoms with E-state index in [9.17, 15) is 0 Å². The third-order valence-corrected chi connectivity index (χ3v) is 3.88. The number of hydrogen-bond acceptors (Lipinski definition) is 3. The Balaban J connectivity index is 2.40. The van der Waals surface area contributed by atoms with Crippen molar-refractivity contribution in [2.75, 3.05) is 19.7 Å². The first kappa shape index (κ1) is 14.3. The second-order valence-corrected chi connectivity index (χ2v) is 4.98. The zero-order valence-electron chi connectivity index (χ0n) is 11.4. The van der Waals surface area contributed by atoms with Crippen molar-refractivity contribution in [3.8, 4) is 0 Å². The molecule has 0 saturated carbocycles. The van der Waals surface area contributed by atoms with Gasteiger partial charge in [-0.1, -0.05) is 36.7 Å². The van der Waals surface area contributed by atoms with Crippen LogP contribution in [0.25, 0.3) is 10.9 Å². The smallest absolute Gasteiger partial charge is 0.0740 e. The summed E-state index contributed by atoms with van der Waals surface area (Å²) >= 11 is 6.42. The van der Waals surface area contributed by atoms with Crippen LogP contribution in [0.1, 0.15) is 18.2 Å². The van der Waals surface area contributed by atoms with Gasteiger partial charge in [-0.2, -0.15) is 0 Å². The molecule has 0 bridgehead atoms. The zero-order valence-corrected chi connectivity index (χ0v) is 12.1. The Morgan fingerprint density at radius 1 is 1.32 bits per heavy atom. The van der Waals surface area contributed by atoms with Crippen LogP contribution in [0, 0.1) is 6.92 Å². The van der Waals surface area contributed by atoms with Crippen molar-refractivity contribution in [3.63, 3.8) is 0 Å². The van der Waals surface area contributed by atoms with Crippen molar-refractivity contribution in [2.45, 2.75) is 20.4 Å². The van der Waals surface area contributed by atoms with Crippen LogP contribution >= 0.6 is 11.6 Å². The standard InChI is InChI=1S/C15H19ClN2O/c1-3-18(8-9-19)10-14-15(16)11(2)12-6-4-5-7-13(12)17-14/h4-7,19H,3,8-10H2,1-2H3. The summed E-state index contributed by atoms with van der Waals surface area (Å²) in [4.78, 5) is 6.78. The van der Waals surface area contributed by atoms with Gasteiger partial charge in [0.2, 0.25) is 0 Å². The third kappa shape index (κ3) is 3.06. The molecule has 0 amide bonds. The molecule has 0 aliphatic carbocycles. The molecule has 0 saturated heterocycles. The Kier molecular flexibility index (Phi) is 4.75. The molecule has 0 aliphatic heterocycles. The third-order valence-electron chi connectivity index (χ3n) is 3.38. The van der Waals surface area contributed by atoms with E-state index in [-0.39, 0.29) is 6.61 Å². The molecule has 2 rings (SSSR count). The van der Waals surface area contributed by atoms with Gasteiger partial charge in [-0.15, -0.1) is 0 Å². The number of likely N-dealkylation sites (N-methyl/N-ethyl adjacent to an activating group) is 1. The predicted molar refractivity (Wildman–Crippen MR) is 79.5 cm³/mol. The SMILES string of the molecule is CCN(CCO)Cc1nc2ccccc2c(C)c1Cl. The van der Waals surface area contributed by atoms with Gasteiger partial charge in [0.1, 0.15) is 0 Å². The summed E-state index contributed by atoms with van der Waals surface area (Å²) in [6.07, 6.45) is 0. The number of pyridine rings is 1. The molecule has 0 radical (unpaired) electrons. The second-order valence-electron chi connectivity index (χ2n) is 4.61. The van der Waals surface area contributed by atoms with Gasteiger partial charge in [0, 0.05) is 18.5 Å². The lowest BCUT2D eigenvalue weighted by atomic mass is 10.1. The summed E-state index contributed by atoms with van der Waals surface area (Å²) in [6.45, 7) is 6.42. The van der Waals surface area contributed by atoms with E-state index in [0.29, 0.717) is 13.1 Å². The van der Waals surface area contributed by atoms with Crippen molar-refractivity contribution in [1.29, 1.82) is 0 Å². The number of nitrogens with zero attached hydrogens (tertiary/aromatic N) is 2. The monoisotopic (exact) mass is 278 g/mol. The Bertz CT molecular complexity index is 571. The highest BCUT2D eigenvalue weighted by molar-refractivity contribution is 6.32. The molecule has 4 heteroatoms. The van der Waals surface area contributed by atoms with Gasteiger partial charge in [-0.25, -0.2) is 4.98 Å². The van der Waals surface area contributed by atoms with Crippen molar-refractivity contribution < 1.29 is 5.11 Å². The number of aromatic nitrogens is 1. The second kappa shape index (κ2) is 6.33. The van der Waals surface area contributed by atoms with E-state index >= 15 is 0 Å². The molecule has 0 unspecified atom stereocenters. The largest absolute Gasteiger partial charge is 0.395 e. The Hall–Kier alpha value is -1.16. The van der Waals surface area contributed by atoms with E-state index in [0.717, 1.165) is 33.7 Å². The Labute approximate surface area is 118 Å². The lowest BCUT2D eigenvalue weighted by molar-refractivity contribution is 0.195. The number of rotatable bonds is 5. The molecule has 1 N–H and O–H groups in total. The van der Waals surface area contributed by atoms with Crippen LogP contribution in [0.5, 0.6) is 0 Å². The van der Waals surface area contributed by atoms with Crippen molar-refractivity contribution in [1.82, 2.24) is 9.88 Å². The zero-order chi connectivity index (χ0) is 13.8. The fourth-order valence-corrected chi connectivity index (χ4v) is 2.43. The van der Waals surface area contributed by atoms with Crippen LogP contribution in [0.2, 0.25) is 5.02 Å². The van der Waals surface area contributed by atoms with Crippen molar-refractivity contribution >= 4 is 22.5 Å². The first-order valence-corrected chi connectivity index (χ1v) is 6.92. The van der Waals surface area contributed by atoms with Gasteiger partial charge in [0.05, 0.1) is 22.8 Å². The topological polar surface area (TPSA) is 36.4 Å². The summed E-state index contributed by atoms with van der Waals surface area (Å²) in [5.41, 5.74) is 2.93. The fraction of sp³-hybridized carbons (Fsp3) is 0.400. The number of fused-ring (bicyclic) bond motifs is 1. The fourth-order valence-electron chi connectivity index (χ4n) is 2.22. The van der Waals surface area contributed by atoms with Gasteiger partial charge < -0.3 is 5.11 Å². The highest BCUT2D eigenvalue weighted by Crippen LogP contribution is 2.27. The van der Waals surface area contributed by atoms with E-state index in [1.165, 1.54) is 0 Å². The Morgan fingerprint density at radius 3 is 2.74 bits per heavy atom. The van der Waals surface area contributed by atoms with Crippen LogP contribution in [-0.2, 0) is 6.54 Å². The lowest BCUT2D eigenvalue weighted by Crippen LogP contribution is -2.26. The van der Waals surface area contributed by atoms with Crippen LogP contribution in [0.15, 0.2) is 24.3 Å².